The first-order valence-electron chi connectivity index (χ1n) is 5.44. The van der Waals surface area contributed by atoms with Crippen molar-refractivity contribution in [2.24, 2.45) is 0 Å². The van der Waals surface area contributed by atoms with Crippen LogP contribution in [0.4, 0.5) is 11.5 Å². The molecule has 0 bridgehead atoms. The number of pyridine rings is 1. The largest absolute Gasteiger partial charge is 0.377 e. The van der Waals surface area contributed by atoms with E-state index in [-0.39, 0.29) is 11.9 Å². The molecule has 5 heteroatoms. The molecule has 1 unspecified atom stereocenters. The lowest BCUT2D eigenvalue weighted by atomic mass is 10.1. The van der Waals surface area contributed by atoms with Gasteiger partial charge < -0.3 is 15.0 Å². The average molecular weight is 219 g/mol. The van der Waals surface area contributed by atoms with Gasteiger partial charge in [0.25, 0.3) is 0 Å². The van der Waals surface area contributed by atoms with Crippen molar-refractivity contribution in [1.29, 1.82) is 0 Å². The highest BCUT2D eigenvalue weighted by atomic mass is 16.5. The first-order valence-corrected chi connectivity index (χ1v) is 5.44. The summed E-state index contributed by atoms with van der Waals surface area (Å²) in [5, 5.41) is 2.88. The highest BCUT2D eigenvalue weighted by Crippen LogP contribution is 2.29. The van der Waals surface area contributed by atoms with Gasteiger partial charge in [0.2, 0.25) is 5.91 Å². The fourth-order valence-electron chi connectivity index (χ4n) is 2.24. The predicted molar refractivity (Wildman–Crippen MR) is 59.4 cm³/mol. The number of ether oxygens (including phenoxy) is 1. The molecule has 0 aliphatic carbocycles. The zero-order valence-corrected chi connectivity index (χ0v) is 8.85. The second-order valence-electron chi connectivity index (χ2n) is 4.05. The Kier molecular flexibility index (Phi) is 2.25. The van der Waals surface area contributed by atoms with Gasteiger partial charge in [-0.1, -0.05) is 0 Å². The van der Waals surface area contributed by atoms with Gasteiger partial charge in [0, 0.05) is 19.2 Å². The van der Waals surface area contributed by atoms with Crippen molar-refractivity contribution in [3.05, 3.63) is 18.3 Å². The number of amides is 1. The molecule has 0 spiro atoms. The Morgan fingerprint density at radius 2 is 2.50 bits per heavy atom. The van der Waals surface area contributed by atoms with Crippen molar-refractivity contribution in [3.63, 3.8) is 0 Å². The highest BCUT2D eigenvalue weighted by molar-refractivity contribution is 5.95. The summed E-state index contributed by atoms with van der Waals surface area (Å²) in [6.07, 6.45) is 2.22. The lowest BCUT2D eigenvalue weighted by molar-refractivity contribution is -0.116. The molecule has 5 nitrogen and oxygen atoms in total. The first-order chi connectivity index (χ1) is 7.84. The lowest BCUT2D eigenvalue weighted by Crippen LogP contribution is -2.46. The van der Waals surface area contributed by atoms with E-state index in [0.717, 1.165) is 18.1 Å². The molecule has 1 atom stereocenters. The summed E-state index contributed by atoms with van der Waals surface area (Å²) in [5.41, 5.74) is 0.803. The molecule has 0 saturated carbocycles. The number of fused-ring (bicyclic) bond motifs is 3. The Morgan fingerprint density at radius 1 is 1.56 bits per heavy atom. The van der Waals surface area contributed by atoms with Gasteiger partial charge in [0.1, 0.15) is 0 Å². The highest BCUT2D eigenvalue weighted by Gasteiger charge is 2.31. The molecule has 84 valence electrons. The topological polar surface area (TPSA) is 54.5 Å². The molecule has 2 aliphatic rings. The SMILES string of the molecule is O=C1CC2COCCN2c2ncccc2N1. The number of carbonyl (C=O) groups excluding carboxylic acids is 1. The van der Waals surface area contributed by atoms with Crippen LogP contribution in [0.15, 0.2) is 18.3 Å². The van der Waals surface area contributed by atoms with Crippen LogP contribution in [0, 0.1) is 0 Å². The molecule has 1 aromatic rings. The van der Waals surface area contributed by atoms with Gasteiger partial charge in [-0.25, -0.2) is 4.98 Å². The second-order valence-corrected chi connectivity index (χ2v) is 4.05. The fraction of sp³-hybridized carbons (Fsp3) is 0.455. The normalized spacial score (nSPS) is 24.1. The third kappa shape index (κ3) is 1.53. The summed E-state index contributed by atoms with van der Waals surface area (Å²) in [7, 11) is 0. The minimum absolute atomic E-state index is 0.0345. The van der Waals surface area contributed by atoms with Gasteiger partial charge in [0.05, 0.1) is 24.9 Å². The molecule has 1 amide bonds. The van der Waals surface area contributed by atoms with Gasteiger partial charge in [-0.2, -0.15) is 0 Å². The molecular formula is C11H13N3O2. The van der Waals surface area contributed by atoms with Crippen LogP contribution in [-0.4, -0.2) is 36.7 Å². The van der Waals surface area contributed by atoms with E-state index in [2.05, 4.69) is 15.2 Å². The number of hydrogen-bond acceptors (Lipinski definition) is 4. The molecule has 3 heterocycles. The van der Waals surface area contributed by atoms with Crippen LogP contribution in [-0.2, 0) is 9.53 Å². The van der Waals surface area contributed by atoms with E-state index >= 15 is 0 Å². The lowest BCUT2D eigenvalue weighted by Gasteiger charge is -2.34. The number of hydrogen-bond donors (Lipinski definition) is 1. The van der Waals surface area contributed by atoms with Gasteiger partial charge in [-0.05, 0) is 12.1 Å². The molecule has 1 saturated heterocycles. The van der Waals surface area contributed by atoms with Crippen LogP contribution >= 0.6 is 0 Å². The summed E-state index contributed by atoms with van der Waals surface area (Å²) in [5.74, 6) is 0.897. The van der Waals surface area contributed by atoms with Gasteiger partial charge >= 0.3 is 0 Å². The van der Waals surface area contributed by atoms with Crippen LogP contribution in [0.1, 0.15) is 6.42 Å². The number of nitrogens with zero attached hydrogens (tertiary/aromatic N) is 2. The average Bonchev–Trinajstić information content (AvgIpc) is 2.44. The van der Waals surface area contributed by atoms with Crippen molar-refractivity contribution in [3.8, 4) is 0 Å². The molecule has 1 fully saturated rings. The van der Waals surface area contributed by atoms with Crippen LogP contribution < -0.4 is 10.2 Å². The standard InChI is InChI=1S/C11H13N3O2/c15-10-6-8-7-16-5-4-14(8)11-9(13-10)2-1-3-12-11/h1-3,8H,4-7H2,(H,13,15). The number of morpholine rings is 1. The molecular weight excluding hydrogens is 206 g/mol. The minimum Gasteiger partial charge on any atom is -0.377 e. The summed E-state index contributed by atoms with van der Waals surface area (Å²) < 4.78 is 5.41. The maximum Gasteiger partial charge on any atom is 0.226 e. The molecule has 1 aromatic heterocycles. The fourth-order valence-corrected chi connectivity index (χ4v) is 2.24. The van der Waals surface area contributed by atoms with Crippen molar-refractivity contribution < 1.29 is 9.53 Å². The predicted octanol–water partition coefficient (Wildman–Crippen LogP) is 0.629. The molecule has 0 aromatic carbocycles. The number of rotatable bonds is 0. The molecule has 16 heavy (non-hydrogen) atoms. The number of aromatic nitrogens is 1. The molecule has 3 rings (SSSR count). The van der Waals surface area contributed by atoms with Crippen molar-refractivity contribution in [2.45, 2.75) is 12.5 Å². The number of carbonyl (C=O) groups is 1. The second kappa shape index (κ2) is 3.75. The van der Waals surface area contributed by atoms with E-state index in [0.29, 0.717) is 19.6 Å². The monoisotopic (exact) mass is 219 g/mol. The zero-order chi connectivity index (χ0) is 11.0. The Morgan fingerprint density at radius 3 is 3.44 bits per heavy atom. The van der Waals surface area contributed by atoms with Gasteiger partial charge in [-0.3, -0.25) is 4.79 Å². The maximum absolute atomic E-state index is 11.7. The van der Waals surface area contributed by atoms with Crippen molar-refractivity contribution in [2.75, 3.05) is 30.0 Å². The van der Waals surface area contributed by atoms with E-state index < -0.39 is 0 Å². The third-order valence-electron chi connectivity index (χ3n) is 2.98. The zero-order valence-electron chi connectivity index (χ0n) is 8.85. The maximum atomic E-state index is 11.7. The van der Waals surface area contributed by atoms with E-state index in [4.69, 9.17) is 4.74 Å². The van der Waals surface area contributed by atoms with Crippen LogP contribution in [0.5, 0.6) is 0 Å². The number of nitrogens with one attached hydrogen (secondary N) is 1. The van der Waals surface area contributed by atoms with E-state index in [1.165, 1.54) is 0 Å². The summed E-state index contributed by atoms with van der Waals surface area (Å²) in [4.78, 5) is 18.2. The van der Waals surface area contributed by atoms with E-state index in [9.17, 15) is 4.79 Å². The van der Waals surface area contributed by atoms with E-state index in [1.54, 1.807) is 6.20 Å². The number of anilines is 2. The summed E-state index contributed by atoms with van der Waals surface area (Å²) >= 11 is 0. The Labute approximate surface area is 93.4 Å². The van der Waals surface area contributed by atoms with Crippen LogP contribution in [0.25, 0.3) is 0 Å². The quantitative estimate of drug-likeness (QED) is 0.695. The van der Waals surface area contributed by atoms with Crippen molar-refractivity contribution >= 4 is 17.4 Å². The Bertz CT molecular complexity index is 421. The van der Waals surface area contributed by atoms with Gasteiger partial charge in [0.15, 0.2) is 5.82 Å². The molecule has 1 N–H and O–H groups in total. The first kappa shape index (κ1) is 9.59. The van der Waals surface area contributed by atoms with Crippen molar-refractivity contribution in [1.82, 2.24) is 4.98 Å². The molecule has 2 aliphatic heterocycles. The summed E-state index contributed by atoms with van der Waals surface area (Å²) in [6.45, 7) is 2.09. The third-order valence-corrected chi connectivity index (χ3v) is 2.98. The van der Waals surface area contributed by atoms with Crippen LogP contribution in [0.3, 0.4) is 0 Å². The Hall–Kier alpha value is -1.62. The van der Waals surface area contributed by atoms with Gasteiger partial charge in [-0.15, -0.1) is 0 Å². The van der Waals surface area contributed by atoms with Crippen LogP contribution in [0.2, 0.25) is 0 Å². The Balaban J connectivity index is 2.04. The minimum atomic E-state index is 0.0345. The summed E-state index contributed by atoms with van der Waals surface area (Å²) in [6, 6.07) is 3.84. The molecule has 0 radical (unpaired) electrons. The smallest absolute Gasteiger partial charge is 0.226 e. The van der Waals surface area contributed by atoms with E-state index in [1.807, 2.05) is 12.1 Å².